The zero-order valence-electron chi connectivity index (χ0n) is 14.4. The second kappa shape index (κ2) is 7.44. The van der Waals surface area contributed by atoms with E-state index in [9.17, 15) is 22.4 Å². The van der Waals surface area contributed by atoms with E-state index in [1.807, 2.05) is 11.9 Å². The predicted molar refractivity (Wildman–Crippen MR) is 94.1 cm³/mol. The van der Waals surface area contributed by atoms with Crippen LogP contribution in [0.4, 0.5) is 17.6 Å². The molecule has 0 atom stereocenters. The second-order valence-electron chi connectivity index (χ2n) is 6.36. The molecule has 0 bridgehead atoms. The number of alkyl halides is 3. The molecule has 1 fully saturated rings. The monoisotopic (exact) mass is 376 g/mol. The van der Waals surface area contributed by atoms with Crippen LogP contribution < -0.4 is 0 Å². The van der Waals surface area contributed by atoms with Gasteiger partial charge in [-0.3, -0.25) is 14.7 Å². The van der Waals surface area contributed by atoms with Crippen molar-refractivity contribution in [1.29, 1.82) is 0 Å². The molecule has 140 valence electrons. The van der Waals surface area contributed by atoms with Crippen LogP contribution in [0.5, 0.6) is 0 Å². The number of likely N-dealkylation sites (N-methyl/N-ethyl adjacent to an activating group) is 1. The fraction of sp³-hybridized carbons (Fsp3) is 0.200. The fourth-order valence-corrected chi connectivity index (χ4v) is 2.92. The molecule has 0 saturated carbocycles. The van der Waals surface area contributed by atoms with Crippen molar-refractivity contribution in [1.82, 2.24) is 9.88 Å². The van der Waals surface area contributed by atoms with Gasteiger partial charge in [-0.1, -0.05) is 12.1 Å². The van der Waals surface area contributed by atoms with Crippen LogP contribution in [0.1, 0.15) is 16.7 Å². The van der Waals surface area contributed by atoms with E-state index in [1.165, 1.54) is 12.1 Å². The number of benzene rings is 1. The van der Waals surface area contributed by atoms with Crippen LogP contribution in [0.15, 0.2) is 53.9 Å². The number of aromatic nitrogens is 1. The highest BCUT2D eigenvalue weighted by Crippen LogP contribution is 2.32. The lowest BCUT2D eigenvalue weighted by molar-refractivity contribution is -0.140. The average Bonchev–Trinajstić information content (AvgIpc) is 2.60. The number of halogens is 4. The molecule has 2 heterocycles. The Hall–Kier alpha value is -2.80. The molecule has 3 rings (SSSR count). The number of carbonyl (C=O) groups excluding carboxylic acids is 1. The number of hydrogen-bond acceptors (Lipinski definition) is 3. The molecule has 1 aromatic carbocycles. The molecule has 1 saturated heterocycles. The van der Waals surface area contributed by atoms with Crippen LogP contribution in [0.3, 0.4) is 0 Å². The fourth-order valence-electron chi connectivity index (χ4n) is 2.92. The predicted octanol–water partition coefficient (Wildman–Crippen LogP) is 4.22. The number of piperidine rings is 1. The Morgan fingerprint density at radius 3 is 2.33 bits per heavy atom. The number of Topliss-reactive ketones (excluding diaryl/α,β-unsaturated/α-hetero) is 1. The molecule has 1 aromatic heterocycles. The minimum atomic E-state index is -4.79. The summed E-state index contributed by atoms with van der Waals surface area (Å²) in [7, 11) is 1.81. The molecule has 0 amide bonds. The molecule has 1 aliphatic rings. The lowest BCUT2D eigenvalue weighted by Crippen LogP contribution is -2.34. The summed E-state index contributed by atoms with van der Waals surface area (Å²) < 4.78 is 52.2. The Morgan fingerprint density at radius 1 is 1.07 bits per heavy atom. The number of nitrogens with zero attached hydrogens (tertiary/aromatic N) is 2. The van der Waals surface area contributed by atoms with Crippen molar-refractivity contribution in [3.05, 3.63) is 76.4 Å². The zero-order chi connectivity index (χ0) is 19.6. The van der Waals surface area contributed by atoms with Crippen LogP contribution in [-0.4, -0.2) is 35.8 Å². The zero-order valence-corrected chi connectivity index (χ0v) is 14.4. The smallest absolute Gasteiger partial charge is 0.298 e. The van der Waals surface area contributed by atoms with Gasteiger partial charge in [0, 0.05) is 36.6 Å². The third-order valence-corrected chi connectivity index (χ3v) is 4.13. The molecule has 0 radical (unpaired) electrons. The Bertz CT molecular complexity index is 917. The number of rotatable bonds is 2. The number of carbonyl (C=O) groups is 1. The van der Waals surface area contributed by atoms with Crippen LogP contribution in [0.2, 0.25) is 0 Å². The number of hydrogen-bond donors (Lipinski definition) is 0. The van der Waals surface area contributed by atoms with E-state index in [0.29, 0.717) is 30.3 Å². The van der Waals surface area contributed by atoms with Crippen molar-refractivity contribution in [3.8, 4) is 0 Å². The molecular formula is C20H16F4N2O. The molecule has 0 aliphatic carbocycles. The average molecular weight is 376 g/mol. The third-order valence-electron chi connectivity index (χ3n) is 4.13. The van der Waals surface area contributed by atoms with E-state index in [-0.39, 0.29) is 11.3 Å². The van der Waals surface area contributed by atoms with Crippen LogP contribution in [-0.2, 0) is 11.0 Å². The van der Waals surface area contributed by atoms with Crippen molar-refractivity contribution < 1.29 is 22.4 Å². The molecular weight excluding hydrogens is 360 g/mol. The Kier molecular flexibility index (Phi) is 5.23. The molecule has 27 heavy (non-hydrogen) atoms. The summed E-state index contributed by atoms with van der Waals surface area (Å²) in [5.74, 6) is -1.58. The summed E-state index contributed by atoms with van der Waals surface area (Å²) >= 11 is 0. The van der Waals surface area contributed by atoms with Crippen LogP contribution in [0.25, 0.3) is 12.2 Å². The number of likely N-dealkylation sites (tertiary alicyclic amines) is 1. The highest BCUT2D eigenvalue weighted by Gasteiger charge is 2.34. The Labute approximate surface area is 153 Å². The van der Waals surface area contributed by atoms with Gasteiger partial charge in [0.25, 0.3) is 0 Å². The lowest BCUT2D eigenvalue weighted by atomic mass is 9.94. The highest BCUT2D eigenvalue weighted by atomic mass is 19.4. The van der Waals surface area contributed by atoms with Crippen molar-refractivity contribution in [2.75, 3.05) is 20.1 Å². The first-order valence-electron chi connectivity index (χ1n) is 8.15. The summed E-state index contributed by atoms with van der Waals surface area (Å²) in [6.45, 7) is 0.713. The van der Waals surface area contributed by atoms with E-state index < -0.39 is 17.6 Å². The summed E-state index contributed by atoms with van der Waals surface area (Å²) in [4.78, 5) is 18.6. The van der Waals surface area contributed by atoms with Crippen molar-refractivity contribution in [2.24, 2.45) is 0 Å². The molecule has 0 N–H and O–H groups in total. The van der Waals surface area contributed by atoms with Gasteiger partial charge in [0.1, 0.15) is 5.82 Å². The van der Waals surface area contributed by atoms with Crippen molar-refractivity contribution in [2.45, 2.75) is 6.18 Å². The normalized spacial score (nSPS) is 19.1. The van der Waals surface area contributed by atoms with Gasteiger partial charge in [-0.25, -0.2) is 4.39 Å². The van der Waals surface area contributed by atoms with Gasteiger partial charge in [0.15, 0.2) is 5.78 Å². The van der Waals surface area contributed by atoms with Gasteiger partial charge >= 0.3 is 6.18 Å². The summed E-state index contributed by atoms with van der Waals surface area (Å²) in [5, 5.41) is 0. The lowest BCUT2D eigenvalue weighted by Gasteiger charge is -2.26. The summed E-state index contributed by atoms with van der Waals surface area (Å²) in [5.41, 5.74) is 0.402. The minimum Gasteiger partial charge on any atom is -0.298 e. The molecule has 1 aliphatic heterocycles. The van der Waals surface area contributed by atoms with E-state index in [4.69, 9.17) is 0 Å². The number of pyridine rings is 1. The quantitative estimate of drug-likeness (QED) is 0.581. The standard InChI is InChI=1S/C20H16F4N2O/c1-26-11-15(7-13-4-5-18(21)17(9-13)20(22,23)24)19(27)16(12-26)8-14-3-2-6-25-10-14/h2-10H,11-12H2,1H3/b15-7+,16-8?. The van der Waals surface area contributed by atoms with Gasteiger partial charge in [-0.2, -0.15) is 13.2 Å². The first-order chi connectivity index (χ1) is 12.7. The Balaban J connectivity index is 1.96. The first-order valence-corrected chi connectivity index (χ1v) is 8.15. The van der Waals surface area contributed by atoms with E-state index in [2.05, 4.69) is 4.98 Å². The van der Waals surface area contributed by atoms with Gasteiger partial charge in [-0.05, 0) is 48.5 Å². The van der Waals surface area contributed by atoms with E-state index in [0.717, 1.165) is 11.6 Å². The largest absolute Gasteiger partial charge is 0.419 e. The van der Waals surface area contributed by atoms with Gasteiger partial charge in [-0.15, -0.1) is 0 Å². The van der Waals surface area contributed by atoms with Crippen LogP contribution >= 0.6 is 0 Å². The third kappa shape index (κ3) is 4.49. The first kappa shape index (κ1) is 19.0. The van der Waals surface area contributed by atoms with E-state index >= 15 is 0 Å². The second-order valence-corrected chi connectivity index (χ2v) is 6.36. The summed E-state index contributed by atoms with van der Waals surface area (Å²) in [6, 6.07) is 6.26. The maximum Gasteiger partial charge on any atom is 0.419 e. The van der Waals surface area contributed by atoms with Crippen molar-refractivity contribution in [3.63, 3.8) is 0 Å². The molecule has 2 aromatic rings. The molecule has 7 heteroatoms. The van der Waals surface area contributed by atoms with Crippen molar-refractivity contribution >= 4 is 17.9 Å². The minimum absolute atomic E-state index is 0.128. The van der Waals surface area contributed by atoms with Gasteiger partial charge < -0.3 is 0 Å². The van der Waals surface area contributed by atoms with Crippen LogP contribution in [0, 0.1) is 5.82 Å². The van der Waals surface area contributed by atoms with E-state index in [1.54, 1.807) is 30.6 Å². The van der Waals surface area contributed by atoms with Gasteiger partial charge in [0.05, 0.1) is 5.56 Å². The molecule has 3 nitrogen and oxygen atoms in total. The molecule has 0 spiro atoms. The summed E-state index contributed by atoms with van der Waals surface area (Å²) in [6.07, 6.45) is 1.54. The van der Waals surface area contributed by atoms with Gasteiger partial charge in [0.2, 0.25) is 0 Å². The highest BCUT2D eigenvalue weighted by molar-refractivity contribution is 6.14. The topological polar surface area (TPSA) is 33.2 Å². The maximum atomic E-state index is 13.5. The molecule has 0 unspecified atom stereocenters. The Morgan fingerprint density at radius 2 is 1.74 bits per heavy atom. The maximum absolute atomic E-state index is 13.5. The number of ketones is 1. The SMILES string of the molecule is CN1CC(=Cc2cccnc2)C(=O)/C(=C/c2ccc(F)c(C(F)(F)F)c2)C1.